The van der Waals surface area contributed by atoms with E-state index in [-0.39, 0.29) is 0 Å². The van der Waals surface area contributed by atoms with Gasteiger partial charge in [-0.25, -0.2) is 4.98 Å². The van der Waals surface area contributed by atoms with Crippen molar-refractivity contribution < 1.29 is 9.47 Å². The third-order valence-electron chi connectivity index (χ3n) is 3.05. The molecule has 0 aliphatic carbocycles. The third kappa shape index (κ3) is 6.30. The Morgan fingerprint density at radius 3 is 2.62 bits per heavy atom. The molecule has 1 rings (SSSR count). The highest BCUT2D eigenvalue weighted by Crippen LogP contribution is 2.27. The maximum absolute atomic E-state index is 5.28. The molecule has 0 saturated carbocycles. The van der Waals surface area contributed by atoms with E-state index in [1.165, 1.54) is 4.88 Å². The van der Waals surface area contributed by atoms with Gasteiger partial charge in [0.25, 0.3) is 0 Å². The van der Waals surface area contributed by atoms with Crippen molar-refractivity contribution in [3.63, 3.8) is 0 Å². The highest BCUT2D eigenvalue weighted by Gasteiger charge is 2.16. The molecule has 0 unspecified atom stereocenters. The average Bonchev–Trinajstić information content (AvgIpc) is 2.84. The molecule has 21 heavy (non-hydrogen) atoms. The van der Waals surface area contributed by atoms with E-state index in [4.69, 9.17) is 14.5 Å². The van der Waals surface area contributed by atoms with Crippen molar-refractivity contribution >= 4 is 16.5 Å². The summed E-state index contributed by atoms with van der Waals surface area (Å²) in [6.07, 6.45) is 0. The van der Waals surface area contributed by atoms with Gasteiger partial charge < -0.3 is 19.7 Å². The number of hydrogen-bond donors (Lipinski definition) is 1. The quantitative estimate of drug-likeness (QED) is 0.636. The lowest BCUT2D eigenvalue weighted by Crippen LogP contribution is -2.27. The monoisotopic (exact) mass is 315 g/mol. The predicted molar refractivity (Wildman–Crippen MR) is 89.1 cm³/mol. The summed E-state index contributed by atoms with van der Waals surface area (Å²) in [5.41, 5.74) is 1.05. The standard InChI is InChI=1S/C15H29N3O2S/c1-6-18(10-12(2)3)15-17-13(11-20-5)14(21-15)9-16-7-8-19-4/h12,16H,6-11H2,1-5H3. The van der Waals surface area contributed by atoms with Gasteiger partial charge in [-0.2, -0.15) is 0 Å². The zero-order chi connectivity index (χ0) is 15.7. The van der Waals surface area contributed by atoms with E-state index in [1.807, 2.05) is 0 Å². The van der Waals surface area contributed by atoms with Crippen LogP contribution in [0.15, 0.2) is 0 Å². The minimum absolute atomic E-state index is 0.566. The summed E-state index contributed by atoms with van der Waals surface area (Å²) in [5, 5.41) is 4.48. The summed E-state index contributed by atoms with van der Waals surface area (Å²) in [7, 11) is 3.43. The van der Waals surface area contributed by atoms with Crippen LogP contribution in [0.3, 0.4) is 0 Å². The lowest BCUT2D eigenvalue weighted by molar-refractivity contribution is 0.181. The molecular weight excluding hydrogens is 286 g/mol. The van der Waals surface area contributed by atoms with Crippen molar-refractivity contribution in [2.45, 2.75) is 33.9 Å². The summed E-state index contributed by atoms with van der Waals surface area (Å²) in [4.78, 5) is 8.37. The number of ether oxygens (including phenoxy) is 2. The van der Waals surface area contributed by atoms with Gasteiger partial charge in [0, 0.05) is 45.3 Å². The van der Waals surface area contributed by atoms with Crippen molar-refractivity contribution in [2.75, 3.05) is 45.4 Å². The number of nitrogens with one attached hydrogen (secondary N) is 1. The van der Waals surface area contributed by atoms with Gasteiger partial charge in [-0.3, -0.25) is 0 Å². The number of thiazole rings is 1. The Bertz CT molecular complexity index is 396. The van der Waals surface area contributed by atoms with Crippen LogP contribution < -0.4 is 10.2 Å². The van der Waals surface area contributed by atoms with Crippen molar-refractivity contribution in [3.8, 4) is 0 Å². The molecule has 0 atom stereocenters. The maximum atomic E-state index is 5.28. The minimum atomic E-state index is 0.566. The van der Waals surface area contributed by atoms with Crippen LogP contribution in [0.4, 0.5) is 5.13 Å². The molecule has 0 saturated heterocycles. The molecule has 6 heteroatoms. The van der Waals surface area contributed by atoms with E-state index < -0.39 is 0 Å². The number of methoxy groups -OCH3 is 2. The van der Waals surface area contributed by atoms with Gasteiger partial charge in [-0.05, 0) is 12.8 Å². The molecule has 0 aliphatic heterocycles. The molecule has 122 valence electrons. The van der Waals surface area contributed by atoms with E-state index in [0.29, 0.717) is 12.5 Å². The Morgan fingerprint density at radius 2 is 2.05 bits per heavy atom. The van der Waals surface area contributed by atoms with Crippen LogP contribution in [0.5, 0.6) is 0 Å². The van der Waals surface area contributed by atoms with Gasteiger partial charge in [0.15, 0.2) is 5.13 Å². The van der Waals surface area contributed by atoms with E-state index in [9.17, 15) is 0 Å². The van der Waals surface area contributed by atoms with Crippen molar-refractivity contribution in [2.24, 2.45) is 5.92 Å². The van der Waals surface area contributed by atoms with Gasteiger partial charge in [0.05, 0.1) is 18.9 Å². The summed E-state index contributed by atoms with van der Waals surface area (Å²) in [5.74, 6) is 0.628. The summed E-state index contributed by atoms with van der Waals surface area (Å²) in [6.45, 7) is 11.6. The van der Waals surface area contributed by atoms with E-state index in [1.54, 1.807) is 25.6 Å². The Hall–Kier alpha value is -0.690. The first-order chi connectivity index (χ1) is 10.1. The smallest absolute Gasteiger partial charge is 0.185 e. The first kappa shape index (κ1) is 18.4. The SMILES string of the molecule is CCN(CC(C)C)c1nc(COC)c(CNCCOC)s1. The summed E-state index contributed by atoms with van der Waals surface area (Å²) in [6, 6.07) is 0. The predicted octanol–water partition coefficient (Wildman–Crippen LogP) is 2.51. The number of rotatable bonds is 11. The van der Waals surface area contributed by atoms with Gasteiger partial charge in [0.1, 0.15) is 0 Å². The zero-order valence-corrected chi connectivity index (χ0v) is 14.8. The topological polar surface area (TPSA) is 46.6 Å². The first-order valence-electron chi connectivity index (χ1n) is 7.54. The third-order valence-corrected chi connectivity index (χ3v) is 4.21. The Morgan fingerprint density at radius 1 is 1.29 bits per heavy atom. The van der Waals surface area contributed by atoms with Crippen LogP contribution >= 0.6 is 11.3 Å². The molecule has 1 aromatic heterocycles. The summed E-state index contributed by atoms with van der Waals surface area (Å²) >= 11 is 1.76. The second kappa shape index (κ2) is 10.1. The number of nitrogens with zero attached hydrogens (tertiary/aromatic N) is 2. The van der Waals surface area contributed by atoms with Crippen molar-refractivity contribution in [1.82, 2.24) is 10.3 Å². The average molecular weight is 315 g/mol. The molecule has 0 amide bonds. The molecule has 1 N–H and O–H groups in total. The summed E-state index contributed by atoms with van der Waals surface area (Å²) < 4.78 is 10.3. The molecule has 1 aromatic rings. The van der Waals surface area contributed by atoms with Gasteiger partial charge >= 0.3 is 0 Å². The van der Waals surface area contributed by atoms with Crippen molar-refractivity contribution in [3.05, 3.63) is 10.6 Å². The number of hydrogen-bond acceptors (Lipinski definition) is 6. The molecule has 0 spiro atoms. The normalized spacial score (nSPS) is 11.3. The van der Waals surface area contributed by atoms with E-state index in [2.05, 4.69) is 31.0 Å². The van der Waals surface area contributed by atoms with Gasteiger partial charge in [-0.15, -0.1) is 11.3 Å². The van der Waals surface area contributed by atoms with E-state index >= 15 is 0 Å². The van der Waals surface area contributed by atoms with Crippen LogP contribution in [-0.4, -0.2) is 45.4 Å². The second-order valence-corrected chi connectivity index (χ2v) is 6.46. The Kier molecular flexibility index (Phi) is 8.84. The minimum Gasteiger partial charge on any atom is -0.383 e. The largest absolute Gasteiger partial charge is 0.383 e. The highest BCUT2D eigenvalue weighted by molar-refractivity contribution is 7.15. The fourth-order valence-corrected chi connectivity index (χ4v) is 3.16. The van der Waals surface area contributed by atoms with Crippen LogP contribution in [0, 0.1) is 5.92 Å². The van der Waals surface area contributed by atoms with Crippen LogP contribution in [-0.2, 0) is 22.6 Å². The van der Waals surface area contributed by atoms with Crippen LogP contribution in [0.2, 0.25) is 0 Å². The number of anilines is 1. The van der Waals surface area contributed by atoms with Gasteiger partial charge in [0.2, 0.25) is 0 Å². The lowest BCUT2D eigenvalue weighted by Gasteiger charge is -2.21. The molecule has 1 heterocycles. The molecule has 0 aliphatic rings. The Labute approximate surface area is 132 Å². The maximum Gasteiger partial charge on any atom is 0.185 e. The molecule has 0 radical (unpaired) electrons. The fourth-order valence-electron chi connectivity index (χ4n) is 2.05. The Balaban J connectivity index is 2.76. The van der Waals surface area contributed by atoms with Crippen LogP contribution in [0.25, 0.3) is 0 Å². The van der Waals surface area contributed by atoms with Crippen LogP contribution in [0.1, 0.15) is 31.3 Å². The second-order valence-electron chi connectivity index (χ2n) is 5.40. The highest BCUT2D eigenvalue weighted by atomic mass is 32.1. The van der Waals surface area contributed by atoms with E-state index in [0.717, 1.165) is 43.6 Å². The molecule has 0 fully saturated rings. The number of aromatic nitrogens is 1. The molecule has 0 bridgehead atoms. The molecule has 5 nitrogen and oxygen atoms in total. The fraction of sp³-hybridized carbons (Fsp3) is 0.800. The molecule has 0 aromatic carbocycles. The van der Waals surface area contributed by atoms with Crippen molar-refractivity contribution in [1.29, 1.82) is 0 Å². The zero-order valence-electron chi connectivity index (χ0n) is 13.9. The molecular formula is C15H29N3O2S. The lowest BCUT2D eigenvalue weighted by atomic mass is 10.2. The van der Waals surface area contributed by atoms with Gasteiger partial charge in [-0.1, -0.05) is 13.8 Å². The first-order valence-corrected chi connectivity index (χ1v) is 8.36.